The SMILES string of the molecule is CCNC(=NCC(CC)CC)N(C)Cc1cn(C)nc1C(C)C.I. The molecule has 0 unspecified atom stereocenters. The Morgan fingerprint density at radius 1 is 1.29 bits per heavy atom. The van der Waals surface area contributed by atoms with Gasteiger partial charge in [0.2, 0.25) is 0 Å². The van der Waals surface area contributed by atoms with E-state index in [-0.39, 0.29) is 24.0 Å². The molecule has 6 heteroatoms. The van der Waals surface area contributed by atoms with Crippen molar-refractivity contribution in [2.45, 2.75) is 59.9 Å². The second kappa shape index (κ2) is 11.7. The average Bonchev–Trinajstić information content (AvgIpc) is 2.87. The first-order valence-corrected chi connectivity index (χ1v) is 8.94. The molecule has 0 aliphatic carbocycles. The van der Waals surface area contributed by atoms with Gasteiger partial charge in [0, 0.05) is 45.5 Å². The van der Waals surface area contributed by atoms with Gasteiger partial charge < -0.3 is 10.2 Å². The number of rotatable bonds is 8. The molecule has 1 aromatic heterocycles. The maximum absolute atomic E-state index is 4.84. The summed E-state index contributed by atoms with van der Waals surface area (Å²) in [4.78, 5) is 7.04. The molecule has 1 heterocycles. The van der Waals surface area contributed by atoms with Crippen LogP contribution in [0.1, 0.15) is 64.6 Å². The van der Waals surface area contributed by atoms with Crippen LogP contribution in [0.5, 0.6) is 0 Å². The molecule has 0 aliphatic rings. The minimum Gasteiger partial charge on any atom is -0.357 e. The minimum atomic E-state index is 0. The van der Waals surface area contributed by atoms with E-state index in [2.05, 4.69) is 63.2 Å². The normalized spacial score (nSPS) is 11.8. The van der Waals surface area contributed by atoms with Crippen LogP contribution < -0.4 is 5.32 Å². The number of nitrogens with one attached hydrogen (secondary N) is 1. The summed E-state index contributed by atoms with van der Waals surface area (Å²) in [6, 6.07) is 0. The molecule has 5 nitrogen and oxygen atoms in total. The first kappa shape index (κ1) is 23.2. The lowest BCUT2D eigenvalue weighted by Crippen LogP contribution is -2.39. The Morgan fingerprint density at radius 2 is 1.92 bits per heavy atom. The Hall–Kier alpha value is -0.790. The molecular weight excluding hydrogens is 413 g/mol. The van der Waals surface area contributed by atoms with E-state index in [4.69, 9.17) is 4.99 Å². The van der Waals surface area contributed by atoms with Gasteiger partial charge >= 0.3 is 0 Å². The van der Waals surface area contributed by atoms with E-state index in [0.717, 1.165) is 25.6 Å². The summed E-state index contributed by atoms with van der Waals surface area (Å²) >= 11 is 0. The maximum atomic E-state index is 4.84. The van der Waals surface area contributed by atoms with Crippen molar-refractivity contribution in [1.82, 2.24) is 20.0 Å². The summed E-state index contributed by atoms with van der Waals surface area (Å²) in [5, 5.41) is 8.01. The van der Waals surface area contributed by atoms with Crippen LogP contribution in [-0.4, -0.2) is 40.8 Å². The summed E-state index contributed by atoms with van der Waals surface area (Å²) in [5.74, 6) is 2.09. The fourth-order valence-electron chi connectivity index (χ4n) is 2.73. The summed E-state index contributed by atoms with van der Waals surface area (Å²) in [5.41, 5.74) is 2.45. The molecule has 140 valence electrons. The van der Waals surface area contributed by atoms with Crippen LogP contribution in [0, 0.1) is 5.92 Å². The first-order chi connectivity index (χ1) is 10.9. The third-order valence-electron chi connectivity index (χ3n) is 4.24. The molecule has 0 radical (unpaired) electrons. The second-order valence-electron chi connectivity index (χ2n) is 6.60. The van der Waals surface area contributed by atoms with Crippen LogP contribution >= 0.6 is 24.0 Å². The van der Waals surface area contributed by atoms with Crippen molar-refractivity contribution in [2.75, 3.05) is 20.1 Å². The van der Waals surface area contributed by atoms with E-state index in [9.17, 15) is 0 Å². The van der Waals surface area contributed by atoms with Gasteiger partial charge in [0.25, 0.3) is 0 Å². The highest BCUT2D eigenvalue weighted by atomic mass is 127. The maximum Gasteiger partial charge on any atom is 0.193 e. The van der Waals surface area contributed by atoms with Gasteiger partial charge in [-0.1, -0.05) is 40.5 Å². The lowest BCUT2D eigenvalue weighted by molar-refractivity contribution is 0.459. The minimum absolute atomic E-state index is 0. The monoisotopic (exact) mass is 449 g/mol. The molecule has 0 saturated heterocycles. The van der Waals surface area contributed by atoms with Gasteiger partial charge in [-0.15, -0.1) is 24.0 Å². The molecule has 0 amide bonds. The van der Waals surface area contributed by atoms with E-state index in [1.54, 1.807) is 0 Å². The Morgan fingerprint density at radius 3 is 2.42 bits per heavy atom. The second-order valence-corrected chi connectivity index (χ2v) is 6.60. The van der Waals surface area contributed by atoms with Crippen LogP contribution in [-0.2, 0) is 13.6 Å². The fraction of sp³-hybridized carbons (Fsp3) is 0.778. The quantitative estimate of drug-likeness (QED) is 0.371. The van der Waals surface area contributed by atoms with E-state index in [1.807, 2.05) is 11.7 Å². The smallest absolute Gasteiger partial charge is 0.193 e. The van der Waals surface area contributed by atoms with Crippen molar-refractivity contribution < 1.29 is 0 Å². The van der Waals surface area contributed by atoms with Crippen molar-refractivity contribution in [3.63, 3.8) is 0 Å². The standard InChI is InChI=1S/C18H35N5.HI/c1-8-15(9-2)11-20-18(19-10-3)22(6)12-16-13-23(7)21-17(16)14(4)5;/h13-15H,8-12H2,1-7H3,(H,19,20);1H. The van der Waals surface area contributed by atoms with Gasteiger partial charge in [0.05, 0.1) is 5.69 Å². The van der Waals surface area contributed by atoms with Gasteiger partial charge in [-0.05, 0) is 18.8 Å². The van der Waals surface area contributed by atoms with Gasteiger partial charge in [0.15, 0.2) is 5.96 Å². The number of aromatic nitrogens is 2. The number of halogens is 1. The van der Waals surface area contributed by atoms with Crippen LogP contribution in [0.25, 0.3) is 0 Å². The fourth-order valence-corrected chi connectivity index (χ4v) is 2.73. The summed E-state index contributed by atoms with van der Waals surface area (Å²) in [6.45, 7) is 13.6. The van der Waals surface area contributed by atoms with Crippen LogP contribution in [0.15, 0.2) is 11.2 Å². The van der Waals surface area contributed by atoms with Gasteiger partial charge in [-0.2, -0.15) is 5.10 Å². The first-order valence-electron chi connectivity index (χ1n) is 8.94. The van der Waals surface area contributed by atoms with Crippen molar-refractivity contribution in [2.24, 2.45) is 18.0 Å². The van der Waals surface area contributed by atoms with Crippen molar-refractivity contribution in [1.29, 1.82) is 0 Å². The predicted octanol–water partition coefficient (Wildman–Crippen LogP) is 4.00. The number of aryl methyl sites for hydroxylation is 1. The lowest BCUT2D eigenvalue weighted by atomic mass is 10.0. The zero-order chi connectivity index (χ0) is 17.4. The number of hydrogen-bond acceptors (Lipinski definition) is 2. The van der Waals surface area contributed by atoms with Crippen LogP contribution in [0.3, 0.4) is 0 Å². The van der Waals surface area contributed by atoms with Crippen molar-refractivity contribution >= 4 is 29.9 Å². The van der Waals surface area contributed by atoms with Crippen molar-refractivity contribution in [3.05, 3.63) is 17.5 Å². The lowest BCUT2D eigenvalue weighted by Gasteiger charge is -2.23. The highest BCUT2D eigenvalue weighted by molar-refractivity contribution is 14.0. The molecular formula is C18H36IN5. The van der Waals surface area contributed by atoms with E-state index in [0.29, 0.717) is 11.8 Å². The molecule has 0 fully saturated rings. The predicted molar refractivity (Wildman–Crippen MR) is 114 cm³/mol. The molecule has 24 heavy (non-hydrogen) atoms. The summed E-state index contributed by atoms with van der Waals surface area (Å²) < 4.78 is 1.91. The number of nitrogens with zero attached hydrogens (tertiary/aromatic N) is 4. The Balaban J connectivity index is 0.00000529. The Labute approximate surface area is 165 Å². The molecule has 0 saturated carbocycles. The number of guanidine groups is 1. The molecule has 1 N–H and O–H groups in total. The summed E-state index contributed by atoms with van der Waals surface area (Å²) in [7, 11) is 4.09. The molecule has 0 bridgehead atoms. The van der Waals surface area contributed by atoms with E-state index < -0.39 is 0 Å². The van der Waals surface area contributed by atoms with Crippen molar-refractivity contribution in [3.8, 4) is 0 Å². The number of hydrogen-bond donors (Lipinski definition) is 1. The Kier molecular flexibility index (Phi) is 11.3. The third kappa shape index (κ3) is 6.99. The largest absolute Gasteiger partial charge is 0.357 e. The highest BCUT2D eigenvalue weighted by Crippen LogP contribution is 2.18. The van der Waals surface area contributed by atoms with Crippen LogP contribution in [0.4, 0.5) is 0 Å². The van der Waals surface area contributed by atoms with E-state index >= 15 is 0 Å². The third-order valence-corrected chi connectivity index (χ3v) is 4.24. The zero-order valence-electron chi connectivity index (χ0n) is 16.5. The molecule has 0 aromatic carbocycles. The molecule has 0 atom stereocenters. The summed E-state index contributed by atoms with van der Waals surface area (Å²) in [6.07, 6.45) is 4.49. The number of aliphatic imine (C=N–C) groups is 1. The molecule has 1 rings (SSSR count). The molecule has 0 spiro atoms. The van der Waals surface area contributed by atoms with Crippen LogP contribution in [0.2, 0.25) is 0 Å². The average molecular weight is 449 g/mol. The highest BCUT2D eigenvalue weighted by Gasteiger charge is 2.15. The zero-order valence-corrected chi connectivity index (χ0v) is 18.8. The Bertz CT molecular complexity index is 492. The molecule has 1 aromatic rings. The van der Waals surface area contributed by atoms with Gasteiger partial charge in [0.1, 0.15) is 0 Å². The topological polar surface area (TPSA) is 45.5 Å². The van der Waals surface area contributed by atoms with Gasteiger partial charge in [-0.25, -0.2) is 0 Å². The molecule has 0 aliphatic heterocycles. The van der Waals surface area contributed by atoms with Gasteiger partial charge in [-0.3, -0.25) is 9.67 Å². The van der Waals surface area contributed by atoms with E-state index in [1.165, 1.54) is 24.1 Å².